The van der Waals surface area contributed by atoms with Crippen LogP contribution in [0.4, 0.5) is 0 Å². The van der Waals surface area contributed by atoms with E-state index in [0.717, 1.165) is 6.42 Å². The molecule has 0 bridgehead atoms. The van der Waals surface area contributed by atoms with Crippen LogP contribution < -0.4 is 0 Å². The lowest BCUT2D eigenvalue weighted by molar-refractivity contribution is -0.201. The van der Waals surface area contributed by atoms with Gasteiger partial charge in [-0.15, -0.1) is 0 Å². The molecule has 2 atom stereocenters. The Morgan fingerprint density at radius 1 is 1.17 bits per heavy atom. The van der Waals surface area contributed by atoms with Crippen LogP contribution >= 0.6 is 0 Å². The maximum atomic E-state index is 9.27. The van der Waals surface area contributed by atoms with Crippen molar-refractivity contribution >= 4 is 0 Å². The van der Waals surface area contributed by atoms with Gasteiger partial charge in [0.25, 0.3) is 0 Å². The van der Waals surface area contributed by atoms with E-state index in [1.807, 2.05) is 6.92 Å². The Morgan fingerprint density at radius 3 is 2.08 bits per heavy atom. The number of aliphatic hydroxyl groups excluding tert-OH is 2. The maximum absolute atomic E-state index is 9.27. The Bertz CT molecular complexity index is 105. The van der Waals surface area contributed by atoms with Crippen molar-refractivity contribution in [2.45, 2.75) is 39.3 Å². The van der Waals surface area contributed by atoms with E-state index in [9.17, 15) is 5.11 Å². The molecule has 0 heterocycles. The third-order valence-corrected chi connectivity index (χ3v) is 1.71. The third kappa shape index (κ3) is 4.01. The molecule has 3 N–H and O–H groups in total. The van der Waals surface area contributed by atoms with E-state index in [1.165, 1.54) is 0 Å². The summed E-state index contributed by atoms with van der Waals surface area (Å²) in [6.45, 7) is 4.03. The fraction of sp³-hybridized carbons (Fsp3) is 1.00. The summed E-state index contributed by atoms with van der Waals surface area (Å²) in [6.07, 6.45) is -1.26. The fourth-order valence-electron chi connectivity index (χ4n) is 1.07. The molecule has 0 saturated heterocycles. The Kier molecular flexibility index (Phi) is 6.28. The molecule has 2 unspecified atom stereocenters. The molecule has 0 radical (unpaired) electrons. The summed E-state index contributed by atoms with van der Waals surface area (Å²) in [6, 6.07) is 0. The van der Waals surface area contributed by atoms with Crippen molar-refractivity contribution in [2.24, 2.45) is 5.92 Å². The monoisotopic (exact) mass is 178 g/mol. The molecule has 0 saturated carbocycles. The van der Waals surface area contributed by atoms with Gasteiger partial charge in [0.1, 0.15) is 0 Å². The number of aliphatic hydroxyl groups is 3. The van der Waals surface area contributed by atoms with Gasteiger partial charge in [0.05, 0.1) is 5.92 Å². The molecule has 0 aliphatic heterocycles. The molecule has 0 amide bonds. The van der Waals surface area contributed by atoms with Crippen molar-refractivity contribution in [1.82, 2.24) is 0 Å². The van der Waals surface area contributed by atoms with E-state index in [1.54, 1.807) is 6.92 Å². The highest BCUT2D eigenvalue weighted by atomic mass is 16.6. The van der Waals surface area contributed by atoms with Gasteiger partial charge in [-0.05, 0) is 13.3 Å². The SMILES string of the molecule is CCCC(C(O)O)C(O)OCC. The molecule has 0 aromatic heterocycles. The molecule has 0 aliphatic rings. The minimum absolute atomic E-state index is 0.369. The summed E-state index contributed by atoms with van der Waals surface area (Å²) >= 11 is 0. The van der Waals surface area contributed by atoms with Gasteiger partial charge in [-0.25, -0.2) is 0 Å². The smallest absolute Gasteiger partial charge is 0.162 e. The van der Waals surface area contributed by atoms with Crippen LogP contribution in [0.25, 0.3) is 0 Å². The van der Waals surface area contributed by atoms with Crippen LogP contribution in [0.3, 0.4) is 0 Å². The van der Waals surface area contributed by atoms with E-state index in [0.29, 0.717) is 13.0 Å². The largest absolute Gasteiger partial charge is 0.368 e. The van der Waals surface area contributed by atoms with Gasteiger partial charge >= 0.3 is 0 Å². The lowest BCUT2D eigenvalue weighted by atomic mass is 10.0. The molecule has 4 nitrogen and oxygen atoms in total. The third-order valence-electron chi connectivity index (χ3n) is 1.71. The summed E-state index contributed by atoms with van der Waals surface area (Å²) < 4.78 is 4.85. The van der Waals surface area contributed by atoms with Crippen LogP contribution in [0, 0.1) is 5.92 Å². The van der Waals surface area contributed by atoms with Crippen molar-refractivity contribution in [1.29, 1.82) is 0 Å². The fourth-order valence-corrected chi connectivity index (χ4v) is 1.07. The number of ether oxygens (including phenoxy) is 1. The van der Waals surface area contributed by atoms with E-state index in [2.05, 4.69) is 0 Å². The first-order valence-corrected chi connectivity index (χ1v) is 4.29. The van der Waals surface area contributed by atoms with Gasteiger partial charge in [0.15, 0.2) is 12.6 Å². The second kappa shape index (κ2) is 6.37. The molecule has 0 rings (SSSR count). The van der Waals surface area contributed by atoms with E-state index in [4.69, 9.17) is 14.9 Å². The Labute approximate surface area is 72.8 Å². The zero-order valence-corrected chi connectivity index (χ0v) is 7.60. The number of rotatable bonds is 6. The zero-order chi connectivity index (χ0) is 9.56. The molecule has 0 aromatic rings. The molecule has 0 fully saturated rings. The van der Waals surface area contributed by atoms with E-state index >= 15 is 0 Å². The van der Waals surface area contributed by atoms with E-state index < -0.39 is 18.5 Å². The van der Waals surface area contributed by atoms with Gasteiger partial charge in [0.2, 0.25) is 0 Å². The molecular weight excluding hydrogens is 160 g/mol. The predicted octanol–water partition coefficient (Wildman–Crippen LogP) is 0.0683. The van der Waals surface area contributed by atoms with E-state index in [-0.39, 0.29) is 0 Å². The molecule has 0 aromatic carbocycles. The molecule has 74 valence electrons. The first-order valence-electron chi connectivity index (χ1n) is 4.29. The second-order valence-electron chi connectivity index (χ2n) is 2.71. The summed E-state index contributed by atoms with van der Waals surface area (Å²) in [5.74, 6) is -0.602. The Balaban J connectivity index is 3.90. The standard InChI is InChI=1S/C8H18O4/c1-3-5-6(7(9)10)8(11)12-4-2/h6-11H,3-5H2,1-2H3. The Morgan fingerprint density at radius 2 is 1.75 bits per heavy atom. The summed E-state index contributed by atoms with van der Waals surface area (Å²) in [7, 11) is 0. The van der Waals surface area contributed by atoms with Crippen LogP contribution in [0.1, 0.15) is 26.7 Å². The number of hydrogen-bond acceptors (Lipinski definition) is 4. The van der Waals surface area contributed by atoms with Crippen LogP contribution in [-0.4, -0.2) is 34.5 Å². The average molecular weight is 178 g/mol. The van der Waals surface area contributed by atoms with Crippen molar-refractivity contribution in [2.75, 3.05) is 6.61 Å². The van der Waals surface area contributed by atoms with Crippen LogP contribution in [0.5, 0.6) is 0 Å². The summed E-state index contributed by atoms with van der Waals surface area (Å²) in [5.41, 5.74) is 0. The predicted molar refractivity (Wildman–Crippen MR) is 44.3 cm³/mol. The highest BCUT2D eigenvalue weighted by Gasteiger charge is 2.24. The number of hydrogen-bond donors (Lipinski definition) is 3. The highest BCUT2D eigenvalue weighted by Crippen LogP contribution is 2.15. The van der Waals surface area contributed by atoms with Gasteiger partial charge in [-0.3, -0.25) is 0 Å². The second-order valence-corrected chi connectivity index (χ2v) is 2.71. The minimum Gasteiger partial charge on any atom is -0.368 e. The molecular formula is C8H18O4. The van der Waals surface area contributed by atoms with Crippen molar-refractivity contribution in [3.05, 3.63) is 0 Å². The summed E-state index contributed by atoms with van der Waals surface area (Å²) in [4.78, 5) is 0. The maximum Gasteiger partial charge on any atom is 0.162 e. The van der Waals surface area contributed by atoms with Gasteiger partial charge in [0, 0.05) is 6.61 Å². The summed E-state index contributed by atoms with van der Waals surface area (Å²) in [5, 5.41) is 27.0. The van der Waals surface area contributed by atoms with Crippen molar-refractivity contribution < 1.29 is 20.1 Å². The van der Waals surface area contributed by atoms with Crippen molar-refractivity contribution in [3.63, 3.8) is 0 Å². The van der Waals surface area contributed by atoms with Gasteiger partial charge < -0.3 is 20.1 Å². The van der Waals surface area contributed by atoms with Crippen LogP contribution in [-0.2, 0) is 4.74 Å². The molecule has 4 heteroatoms. The normalized spacial score (nSPS) is 16.5. The Hall–Kier alpha value is -0.160. The average Bonchev–Trinajstić information content (AvgIpc) is 1.99. The van der Waals surface area contributed by atoms with Gasteiger partial charge in [-0.1, -0.05) is 13.3 Å². The van der Waals surface area contributed by atoms with Crippen LogP contribution in [0.15, 0.2) is 0 Å². The molecule has 0 aliphatic carbocycles. The first kappa shape index (κ1) is 11.8. The van der Waals surface area contributed by atoms with Crippen molar-refractivity contribution in [3.8, 4) is 0 Å². The molecule has 12 heavy (non-hydrogen) atoms. The van der Waals surface area contributed by atoms with Gasteiger partial charge in [-0.2, -0.15) is 0 Å². The lowest BCUT2D eigenvalue weighted by Gasteiger charge is -2.23. The lowest BCUT2D eigenvalue weighted by Crippen LogP contribution is -2.33. The molecule has 0 spiro atoms. The first-order chi connectivity index (χ1) is 5.63. The zero-order valence-electron chi connectivity index (χ0n) is 7.60. The minimum atomic E-state index is -1.51. The topological polar surface area (TPSA) is 69.9 Å². The quantitative estimate of drug-likeness (QED) is 0.503. The van der Waals surface area contributed by atoms with Crippen LogP contribution in [0.2, 0.25) is 0 Å². The highest BCUT2D eigenvalue weighted by molar-refractivity contribution is 4.62.